The molecule has 1 aromatic carbocycles. The summed E-state index contributed by atoms with van der Waals surface area (Å²) in [5, 5.41) is 5.91. The van der Waals surface area contributed by atoms with Crippen LogP contribution in [0.25, 0.3) is 0 Å². The maximum Gasteiger partial charge on any atom is 0.251 e. The molecule has 0 atom stereocenters. The third-order valence-electron chi connectivity index (χ3n) is 3.58. The molecule has 2 heterocycles. The van der Waals surface area contributed by atoms with E-state index in [1.807, 2.05) is 12.1 Å². The standard InChI is InChI=1S/C16H18BrN3O2S/c17-13-3-1-2-12(8-13)16(21)18-9-15-19-14(11-23-15)10-20-4-6-22-7-5-20/h1-3,8,11H,4-7,9-10H2,(H,18,21). The van der Waals surface area contributed by atoms with Gasteiger partial charge >= 0.3 is 0 Å². The molecule has 1 amide bonds. The average molecular weight is 396 g/mol. The molecule has 1 N–H and O–H groups in total. The summed E-state index contributed by atoms with van der Waals surface area (Å²) in [6.07, 6.45) is 0. The van der Waals surface area contributed by atoms with Crippen molar-refractivity contribution in [2.24, 2.45) is 0 Å². The molecule has 0 unspecified atom stereocenters. The van der Waals surface area contributed by atoms with E-state index in [1.165, 1.54) is 0 Å². The van der Waals surface area contributed by atoms with Crippen molar-refractivity contribution in [1.82, 2.24) is 15.2 Å². The zero-order valence-electron chi connectivity index (χ0n) is 12.6. The van der Waals surface area contributed by atoms with Crippen LogP contribution >= 0.6 is 27.3 Å². The van der Waals surface area contributed by atoms with Crippen molar-refractivity contribution in [1.29, 1.82) is 0 Å². The summed E-state index contributed by atoms with van der Waals surface area (Å²) < 4.78 is 6.24. The topological polar surface area (TPSA) is 54.5 Å². The summed E-state index contributed by atoms with van der Waals surface area (Å²) in [5.74, 6) is -0.0868. The quantitative estimate of drug-likeness (QED) is 0.845. The number of carbonyl (C=O) groups is 1. The number of aromatic nitrogens is 1. The van der Waals surface area contributed by atoms with Crippen molar-refractivity contribution in [3.63, 3.8) is 0 Å². The van der Waals surface area contributed by atoms with Gasteiger partial charge in [-0.15, -0.1) is 11.3 Å². The van der Waals surface area contributed by atoms with Gasteiger partial charge < -0.3 is 10.1 Å². The maximum atomic E-state index is 12.1. The maximum absolute atomic E-state index is 12.1. The number of hydrogen-bond acceptors (Lipinski definition) is 5. The fourth-order valence-corrected chi connectivity index (χ4v) is 3.50. The predicted octanol–water partition coefficient (Wildman–Crippen LogP) is 2.67. The van der Waals surface area contributed by atoms with Crippen LogP contribution in [-0.2, 0) is 17.8 Å². The van der Waals surface area contributed by atoms with E-state index in [-0.39, 0.29) is 5.91 Å². The summed E-state index contributed by atoms with van der Waals surface area (Å²) in [6.45, 7) is 4.79. The molecule has 2 aromatic rings. The molecule has 0 bridgehead atoms. The molecule has 0 aliphatic carbocycles. The highest BCUT2D eigenvalue weighted by atomic mass is 79.9. The Kier molecular flexibility index (Phi) is 5.77. The number of halogens is 1. The molecule has 23 heavy (non-hydrogen) atoms. The number of thiazole rings is 1. The molecule has 0 saturated carbocycles. The van der Waals surface area contributed by atoms with Crippen LogP contribution in [-0.4, -0.2) is 42.1 Å². The largest absolute Gasteiger partial charge is 0.379 e. The number of ether oxygens (including phenoxy) is 1. The van der Waals surface area contributed by atoms with Gasteiger partial charge in [0.25, 0.3) is 5.91 Å². The summed E-state index contributed by atoms with van der Waals surface area (Å²) in [5.41, 5.74) is 1.70. The summed E-state index contributed by atoms with van der Waals surface area (Å²) in [4.78, 5) is 19.1. The minimum atomic E-state index is -0.0868. The highest BCUT2D eigenvalue weighted by Crippen LogP contribution is 2.14. The van der Waals surface area contributed by atoms with Crippen molar-refractivity contribution in [3.8, 4) is 0 Å². The van der Waals surface area contributed by atoms with E-state index < -0.39 is 0 Å². The van der Waals surface area contributed by atoms with Crippen LogP contribution in [0.5, 0.6) is 0 Å². The second kappa shape index (κ2) is 8.01. The molecule has 1 saturated heterocycles. The van der Waals surface area contributed by atoms with Gasteiger partial charge in [-0.05, 0) is 18.2 Å². The van der Waals surface area contributed by atoms with E-state index in [1.54, 1.807) is 23.5 Å². The van der Waals surface area contributed by atoms with E-state index in [9.17, 15) is 4.79 Å². The number of rotatable bonds is 5. The van der Waals surface area contributed by atoms with Gasteiger partial charge in [0.15, 0.2) is 0 Å². The van der Waals surface area contributed by atoms with Crippen molar-refractivity contribution in [2.45, 2.75) is 13.1 Å². The van der Waals surface area contributed by atoms with E-state index in [0.29, 0.717) is 12.1 Å². The molecule has 1 fully saturated rings. The molecule has 0 radical (unpaired) electrons. The van der Waals surface area contributed by atoms with Crippen LogP contribution in [0.4, 0.5) is 0 Å². The Morgan fingerprint density at radius 1 is 1.39 bits per heavy atom. The van der Waals surface area contributed by atoms with Crippen molar-refractivity contribution < 1.29 is 9.53 Å². The van der Waals surface area contributed by atoms with E-state index in [0.717, 1.165) is 48.0 Å². The Hall–Kier alpha value is -1.28. The Bertz CT molecular complexity index is 671. The van der Waals surface area contributed by atoms with Gasteiger partial charge in [-0.2, -0.15) is 0 Å². The molecule has 7 heteroatoms. The summed E-state index contributed by atoms with van der Waals surface area (Å²) >= 11 is 4.96. The predicted molar refractivity (Wildman–Crippen MR) is 93.5 cm³/mol. The smallest absolute Gasteiger partial charge is 0.251 e. The number of nitrogens with zero attached hydrogens (tertiary/aromatic N) is 2. The third-order valence-corrected chi connectivity index (χ3v) is 4.97. The first-order chi connectivity index (χ1) is 11.2. The molecular formula is C16H18BrN3O2S. The van der Waals surface area contributed by atoms with Crippen LogP contribution in [0, 0.1) is 0 Å². The molecule has 1 aliphatic heterocycles. The second-order valence-electron chi connectivity index (χ2n) is 5.31. The van der Waals surface area contributed by atoms with Crippen LogP contribution in [0.15, 0.2) is 34.1 Å². The van der Waals surface area contributed by atoms with Gasteiger partial charge in [0, 0.05) is 35.1 Å². The van der Waals surface area contributed by atoms with Crippen LogP contribution in [0.1, 0.15) is 21.1 Å². The summed E-state index contributed by atoms with van der Waals surface area (Å²) in [6, 6.07) is 7.35. The first kappa shape index (κ1) is 16.6. The highest BCUT2D eigenvalue weighted by molar-refractivity contribution is 9.10. The Labute approximate surface area is 147 Å². The monoisotopic (exact) mass is 395 g/mol. The van der Waals surface area contributed by atoms with Gasteiger partial charge in [-0.1, -0.05) is 22.0 Å². The zero-order chi connectivity index (χ0) is 16.1. The minimum absolute atomic E-state index is 0.0868. The van der Waals surface area contributed by atoms with Crippen LogP contribution in [0.3, 0.4) is 0 Å². The van der Waals surface area contributed by atoms with Crippen LogP contribution in [0.2, 0.25) is 0 Å². The van der Waals surface area contributed by atoms with Gasteiger partial charge in [0.05, 0.1) is 25.5 Å². The number of benzene rings is 1. The van der Waals surface area contributed by atoms with Gasteiger partial charge in [-0.25, -0.2) is 4.98 Å². The van der Waals surface area contributed by atoms with Gasteiger partial charge in [0.1, 0.15) is 5.01 Å². The SMILES string of the molecule is O=C(NCc1nc(CN2CCOCC2)cs1)c1cccc(Br)c1. The van der Waals surface area contributed by atoms with E-state index in [2.05, 4.69) is 36.5 Å². The fourth-order valence-electron chi connectivity index (χ4n) is 2.38. The third kappa shape index (κ3) is 4.84. The number of nitrogens with one attached hydrogen (secondary N) is 1. The molecule has 1 aromatic heterocycles. The fraction of sp³-hybridized carbons (Fsp3) is 0.375. The molecule has 0 spiro atoms. The minimum Gasteiger partial charge on any atom is -0.379 e. The number of carbonyl (C=O) groups excluding carboxylic acids is 1. The van der Waals surface area contributed by atoms with Crippen molar-refractivity contribution in [3.05, 3.63) is 50.4 Å². The summed E-state index contributed by atoms with van der Waals surface area (Å²) in [7, 11) is 0. The second-order valence-corrected chi connectivity index (χ2v) is 7.17. The molecule has 3 rings (SSSR count). The molecule has 5 nitrogen and oxygen atoms in total. The van der Waals surface area contributed by atoms with Crippen molar-refractivity contribution in [2.75, 3.05) is 26.3 Å². The molecule has 1 aliphatic rings. The lowest BCUT2D eigenvalue weighted by Gasteiger charge is -2.25. The van der Waals surface area contributed by atoms with Gasteiger partial charge in [-0.3, -0.25) is 9.69 Å². The Morgan fingerprint density at radius 3 is 3.00 bits per heavy atom. The zero-order valence-corrected chi connectivity index (χ0v) is 15.0. The lowest BCUT2D eigenvalue weighted by molar-refractivity contribution is 0.0337. The lowest BCUT2D eigenvalue weighted by atomic mass is 10.2. The number of amides is 1. The van der Waals surface area contributed by atoms with Crippen LogP contribution < -0.4 is 5.32 Å². The van der Waals surface area contributed by atoms with E-state index >= 15 is 0 Å². The van der Waals surface area contributed by atoms with E-state index in [4.69, 9.17) is 4.74 Å². The Morgan fingerprint density at radius 2 is 2.22 bits per heavy atom. The first-order valence-corrected chi connectivity index (χ1v) is 9.15. The Balaban J connectivity index is 1.51. The number of morpholine rings is 1. The first-order valence-electron chi connectivity index (χ1n) is 7.48. The lowest BCUT2D eigenvalue weighted by Crippen LogP contribution is -2.35. The highest BCUT2D eigenvalue weighted by Gasteiger charge is 2.13. The molecule has 122 valence electrons. The molecular weight excluding hydrogens is 378 g/mol. The van der Waals surface area contributed by atoms with Gasteiger partial charge in [0.2, 0.25) is 0 Å². The average Bonchev–Trinajstić information content (AvgIpc) is 3.01. The van der Waals surface area contributed by atoms with Crippen molar-refractivity contribution >= 4 is 33.2 Å². The number of hydrogen-bond donors (Lipinski definition) is 1. The normalized spacial score (nSPS) is 15.5.